The second kappa shape index (κ2) is 5.35. The van der Waals surface area contributed by atoms with E-state index in [2.05, 4.69) is 4.98 Å². The highest BCUT2D eigenvalue weighted by atomic mass is 35.5. The summed E-state index contributed by atoms with van der Waals surface area (Å²) in [7, 11) is 0. The minimum Gasteiger partial charge on any atom is -0.365 e. The quantitative estimate of drug-likeness (QED) is 0.803. The van der Waals surface area contributed by atoms with Crippen molar-refractivity contribution in [3.8, 4) is 0 Å². The molecule has 112 valence electrons. The van der Waals surface area contributed by atoms with E-state index in [1.165, 1.54) is 0 Å². The number of hydrogen-bond acceptors (Lipinski definition) is 3. The number of aromatic nitrogens is 1. The molecular weight excluding hydrogens is 305 g/mol. The zero-order valence-corrected chi connectivity index (χ0v) is 11.7. The molecule has 21 heavy (non-hydrogen) atoms. The standard InChI is InChI=1S/C14H12ClF3N2O/c15-10-2-3-11-9(7-10)1-4-13(19-11)20-5-6-21-12(8-20)14(16,17)18/h1-4,7,12H,5-6,8H2. The maximum absolute atomic E-state index is 12.7. The molecule has 1 atom stereocenters. The average Bonchev–Trinajstić information content (AvgIpc) is 2.46. The number of fused-ring (bicyclic) bond motifs is 1. The Morgan fingerprint density at radius 3 is 2.81 bits per heavy atom. The van der Waals surface area contributed by atoms with Crippen molar-refractivity contribution in [2.24, 2.45) is 0 Å². The predicted octanol–water partition coefficient (Wildman–Crippen LogP) is 3.66. The van der Waals surface area contributed by atoms with Crippen molar-refractivity contribution in [3.63, 3.8) is 0 Å². The highest BCUT2D eigenvalue weighted by Gasteiger charge is 2.43. The average molecular weight is 317 g/mol. The normalized spacial score (nSPS) is 20.0. The van der Waals surface area contributed by atoms with E-state index in [0.717, 1.165) is 5.39 Å². The Kier molecular flexibility index (Phi) is 3.67. The molecule has 0 spiro atoms. The molecule has 0 radical (unpaired) electrons. The smallest absolute Gasteiger partial charge is 0.365 e. The molecule has 0 saturated carbocycles. The van der Waals surface area contributed by atoms with Gasteiger partial charge < -0.3 is 9.64 Å². The first-order chi connectivity index (χ1) is 9.93. The first kappa shape index (κ1) is 14.4. The van der Waals surface area contributed by atoms with Crippen LogP contribution in [0.1, 0.15) is 0 Å². The second-order valence-electron chi connectivity index (χ2n) is 4.85. The van der Waals surface area contributed by atoms with Crippen LogP contribution in [0.4, 0.5) is 19.0 Å². The van der Waals surface area contributed by atoms with Gasteiger partial charge in [0.25, 0.3) is 0 Å². The molecule has 0 bridgehead atoms. The molecule has 0 amide bonds. The Morgan fingerprint density at radius 1 is 1.24 bits per heavy atom. The van der Waals surface area contributed by atoms with E-state index in [-0.39, 0.29) is 13.2 Å². The summed E-state index contributed by atoms with van der Waals surface area (Å²) in [6, 6.07) is 8.74. The number of pyridine rings is 1. The lowest BCUT2D eigenvalue weighted by Crippen LogP contribution is -2.49. The van der Waals surface area contributed by atoms with E-state index in [1.807, 2.05) is 6.07 Å². The summed E-state index contributed by atoms with van der Waals surface area (Å²) in [6.07, 6.45) is -6.13. The Hall–Kier alpha value is -1.53. The predicted molar refractivity (Wildman–Crippen MR) is 74.8 cm³/mol. The number of hydrogen-bond donors (Lipinski definition) is 0. The number of benzene rings is 1. The molecule has 1 aliphatic rings. The Morgan fingerprint density at radius 2 is 2.05 bits per heavy atom. The van der Waals surface area contributed by atoms with Crippen LogP contribution in [0.5, 0.6) is 0 Å². The zero-order chi connectivity index (χ0) is 15.0. The maximum atomic E-state index is 12.7. The van der Waals surface area contributed by atoms with Crippen LogP contribution < -0.4 is 4.90 Å². The molecule has 2 heterocycles. The number of halogens is 4. The van der Waals surface area contributed by atoms with Crippen LogP contribution in [-0.2, 0) is 4.74 Å². The topological polar surface area (TPSA) is 25.4 Å². The lowest BCUT2D eigenvalue weighted by Gasteiger charge is -2.34. The van der Waals surface area contributed by atoms with Crippen LogP contribution in [0.25, 0.3) is 10.9 Å². The Balaban J connectivity index is 1.88. The van der Waals surface area contributed by atoms with Gasteiger partial charge in [0, 0.05) is 17.0 Å². The summed E-state index contributed by atoms with van der Waals surface area (Å²) in [5.41, 5.74) is 0.701. The fraction of sp³-hybridized carbons (Fsp3) is 0.357. The molecule has 3 nitrogen and oxygen atoms in total. The molecule has 1 aromatic heterocycles. The third kappa shape index (κ3) is 3.06. The summed E-state index contributed by atoms with van der Waals surface area (Å²) in [5.74, 6) is 0.516. The Labute approximate surface area is 124 Å². The maximum Gasteiger partial charge on any atom is 0.416 e. The number of morpholine rings is 1. The molecule has 1 aromatic carbocycles. The van der Waals surface area contributed by atoms with Gasteiger partial charge in [-0.2, -0.15) is 13.2 Å². The van der Waals surface area contributed by atoms with Gasteiger partial charge in [0.2, 0.25) is 0 Å². The highest BCUT2D eigenvalue weighted by molar-refractivity contribution is 6.31. The molecule has 0 aliphatic carbocycles. The van der Waals surface area contributed by atoms with Crippen LogP contribution in [0.2, 0.25) is 5.02 Å². The van der Waals surface area contributed by atoms with Gasteiger partial charge >= 0.3 is 6.18 Å². The molecule has 1 fully saturated rings. The van der Waals surface area contributed by atoms with E-state index in [9.17, 15) is 13.2 Å². The molecule has 1 aliphatic heterocycles. The van der Waals surface area contributed by atoms with Gasteiger partial charge in [-0.3, -0.25) is 0 Å². The highest BCUT2D eigenvalue weighted by Crippen LogP contribution is 2.28. The first-order valence-corrected chi connectivity index (χ1v) is 6.81. The van der Waals surface area contributed by atoms with E-state index in [4.69, 9.17) is 16.3 Å². The lowest BCUT2D eigenvalue weighted by atomic mass is 10.2. The number of rotatable bonds is 1. The SMILES string of the molecule is FC(F)(F)C1CN(c2ccc3cc(Cl)ccc3n2)CCO1. The minimum atomic E-state index is -4.36. The van der Waals surface area contributed by atoms with Crippen molar-refractivity contribution in [1.29, 1.82) is 0 Å². The fourth-order valence-corrected chi connectivity index (χ4v) is 2.50. The third-order valence-corrected chi connectivity index (χ3v) is 3.63. The van der Waals surface area contributed by atoms with Crippen LogP contribution in [0, 0.1) is 0 Å². The van der Waals surface area contributed by atoms with Crippen molar-refractivity contribution in [2.75, 3.05) is 24.6 Å². The van der Waals surface area contributed by atoms with Gasteiger partial charge in [0.1, 0.15) is 5.82 Å². The van der Waals surface area contributed by atoms with Gasteiger partial charge in [0.15, 0.2) is 6.10 Å². The summed E-state index contributed by atoms with van der Waals surface area (Å²) >= 11 is 5.90. The van der Waals surface area contributed by atoms with Crippen LogP contribution >= 0.6 is 11.6 Å². The fourth-order valence-electron chi connectivity index (χ4n) is 2.32. The molecule has 1 unspecified atom stereocenters. The van der Waals surface area contributed by atoms with E-state index in [1.54, 1.807) is 29.2 Å². The molecule has 3 rings (SSSR count). The van der Waals surface area contributed by atoms with Crippen LogP contribution in [-0.4, -0.2) is 37.0 Å². The van der Waals surface area contributed by atoms with Gasteiger partial charge in [-0.1, -0.05) is 11.6 Å². The van der Waals surface area contributed by atoms with Gasteiger partial charge in [-0.15, -0.1) is 0 Å². The molecule has 0 N–H and O–H groups in total. The largest absolute Gasteiger partial charge is 0.416 e. The minimum absolute atomic E-state index is 0.0323. The number of ether oxygens (including phenoxy) is 1. The summed E-state index contributed by atoms with van der Waals surface area (Å²) in [4.78, 5) is 5.99. The van der Waals surface area contributed by atoms with Gasteiger partial charge in [-0.25, -0.2) is 4.98 Å². The van der Waals surface area contributed by atoms with E-state index < -0.39 is 12.3 Å². The molecule has 2 aromatic rings. The lowest BCUT2D eigenvalue weighted by molar-refractivity contribution is -0.221. The van der Waals surface area contributed by atoms with Gasteiger partial charge in [0.05, 0.1) is 18.7 Å². The van der Waals surface area contributed by atoms with Crippen molar-refractivity contribution < 1.29 is 17.9 Å². The summed E-state index contributed by atoms with van der Waals surface area (Å²) in [5, 5.41) is 1.45. The van der Waals surface area contributed by atoms with E-state index >= 15 is 0 Å². The third-order valence-electron chi connectivity index (χ3n) is 3.39. The zero-order valence-electron chi connectivity index (χ0n) is 10.9. The number of nitrogens with zero attached hydrogens (tertiary/aromatic N) is 2. The van der Waals surface area contributed by atoms with Crippen molar-refractivity contribution in [3.05, 3.63) is 35.4 Å². The summed E-state index contributed by atoms with van der Waals surface area (Å²) in [6.45, 7) is 0.179. The van der Waals surface area contributed by atoms with Crippen molar-refractivity contribution in [1.82, 2.24) is 4.98 Å². The van der Waals surface area contributed by atoms with Crippen LogP contribution in [0.3, 0.4) is 0 Å². The van der Waals surface area contributed by atoms with Crippen molar-refractivity contribution >= 4 is 28.3 Å². The molecule has 7 heteroatoms. The molecular formula is C14H12ClF3N2O. The monoisotopic (exact) mass is 316 g/mol. The second-order valence-corrected chi connectivity index (χ2v) is 5.29. The van der Waals surface area contributed by atoms with Gasteiger partial charge in [-0.05, 0) is 30.3 Å². The summed E-state index contributed by atoms with van der Waals surface area (Å²) < 4.78 is 43.0. The molecule has 1 saturated heterocycles. The van der Waals surface area contributed by atoms with Crippen molar-refractivity contribution in [2.45, 2.75) is 12.3 Å². The Bertz CT molecular complexity index is 662. The van der Waals surface area contributed by atoms with Crippen LogP contribution in [0.15, 0.2) is 30.3 Å². The first-order valence-electron chi connectivity index (χ1n) is 6.43. The number of anilines is 1. The van der Waals surface area contributed by atoms with E-state index in [0.29, 0.717) is 22.9 Å². The number of alkyl halides is 3.